The van der Waals surface area contributed by atoms with Crippen molar-refractivity contribution in [3.63, 3.8) is 0 Å². The molecule has 1 aliphatic rings. The lowest BCUT2D eigenvalue weighted by Crippen LogP contribution is -2.39. The molecule has 1 heterocycles. The lowest BCUT2D eigenvalue weighted by Gasteiger charge is -2.26. The van der Waals surface area contributed by atoms with Crippen LogP contribution in [-0.4, -0.2) is 43.8 Å². The maximum Gasteiger partial charge on any atom is 0.246 e. The molecule has 0 aromatic heterocycles. The third-order valence-corrected chi connectivity index (χ3v) is 5.72. The molecule has 1 aromatic carbocycles. The van der Waals surface area contributed by atoms with Crippen LogP contribution in [0.3, 0.4) is 0 Å². The number of sulfone groups is 1. The highest BCUT2D eigenvalue weighted by Crippen LogP contribution is 2.11. The van der Waals surface area contributed by atoms with Gasteiger partial charge in [0.1, 0.15) is 0 Å². The second-order valence-corrected chi connectivity index (χ2v) is 8.20. The number of allylic oxidation sites excluding steroid dienone is 1. The van der Waals surface area contributed by atoms with E-state index in [1.54, 1.807) is 13.0 Å². The molecule has 0 atom stereocenters. The van der Waals surface area contributed by atoms with Crippen LogP contribution in [0.15, 0.2) is 35.9 Å². The molecular weight excluding hydrogens is 312 g/mol. The molecule has 0 unspecified atom stereocenters. The highest BCUT2D eigenvalue weighted by atomic mass is 32.2. The Labute approximate surface area is 138 Å². The molecule has 126 valence electrons. The van der Waals surface area contributed by atoms with Gasteiger partial charge in [0.05, 0.1) is 11.5 Å². The number of hydrogen-bond donors (Lipinski definition) is 1. The zero-order valence-corrected chi connectivity index (χ0v) is 14.5. The third kappa shape index (κ3) is 5.48. The van der Waals surface area contributed by atoms with Gasteiger partial charge in [0.25, 0.3) is 0 Å². The topological polar surface area (TPSA) is 66.5 Å². The fourth-order valence-electron chi connectivity index (χ4n) is 2.38. The van der Waals surface area contributed by atoms with E-state index in [2.05, 4.69) is 10.2 Å². The van der Waals surface area contributed by atoms with Crippen LogP contribution in [0.4, 0.5) is 0 Å². The summed E-state index contributed by atoms with van der Waals surface area (Å²) in [5.41, 5.74) is 2.91. The van der Waals surface area contributed by atoms with E-state index in [4.69, 9.17) is 0 Å². The molecule has 0 saturated carbocycles. The Morgan fingerprint density at radius 2 is 1.74 bits per heavy atom. The van der Waals surface area contributed by atoms with Crippen molar-refractivity contribution in [3.05, 3.63) is 47.0 Å². The zero-order valence-electron chi connectivity index (χ0n) is 13.7. The van der Waals surface area contributed by atoms with E-state index in [1.165, 1.54) is 0 Å². The van der Waals surface area contributed by atoms with Gasteiger partial charge in [-0.1, -0.05) is 30.3 Å². The van der Waals surface area contributed by atoms with Gasteiger partial charge < -0.3 is 5.32 Å². The Morgan fingerprint density at radius 1 is 1.17 bits per heavy atom. The summed E-state index contributed by atoms with van der Waals surface area (Å²) in [6.45, 7) is 6.10. The first-order valence-corrected chi connectivity index (χ1v) is 9.63. The minimum absolute atomic E-state index is 0.0499. The highest BCUT2D eigenvalue weighted by Gasteiger charge is 2.21. The van der Waals surface area contributed by atoms with Crippen LogP contribution in [0.2, 0.25) is 0 Å². The summed E-state index contributed by atoms with van der Waals surface area (Å²) in [6.07, 6.45) is 1.79. The van der Waals surface area contributed by atoms with Gasteiger partial charge in [-0.2, -0.15) is 0 Å². The largest absolute Gasteiger partial charge is 0.348 e. The Hall–Kier alpha value is -1.66. The normalized spacial score (nSPS) is 18.6. The van der Waals surface area contributed by atoms with Gasteiger partial charge in [0.2, 0.25) is 5.91 Å². The first-order valence-electron chi connectivity index (χ1n) is 7.81. The molecule has 23 heavy (non-hydrogen) atoms. The maximum atomic E-state index is 11.7. The number of amides is 1. The van der Waals surface area contributed by atoms with Crippen LogP contribution in [0.5, 0.6) is 0 Å². The third-order valence-electron chi connectivity index (χ3n) is 4.11. The molecule has 1 amide bonds. The molecule has 2 rings (SSSR count). The summed E-state index contributed by atoms with van der Waals surface area (Å²) in [4.78, 5) is 13.9. The molecule has 1 N–H and O–H groups in total. The summed E-state index contributed by atoms with van der Waals surface area (Å²) in [5.74, 6) is 0.453. The quantitative estimate of drug-likeness (QED) is 0.828. The predicted molar refractivity (Wildman–Crippen MR) is 91.7 cm³/mol. The monoisotopic (exact) mass is 336 g/mol. The molecule has 6 heteroatoms. The number of nitrogens with one attached hydrogen (secondary N) is 1. The van der Waals surface area contributed by atoms with Gasteiger partial charge in [-0.3, -0.25) is 9.69 Å². The van der Waals surface area contributed by atoms with Crippen LogP contribution in [0.25, 0.3) is 0 Å². The van der Waals surface area contributed by atoms with E-state index in [-0.39, 0.29) is 17.4 Å². The molecular formula is C17H24N2O3S. The second kappa shape index (κ2) is 7.75. The molecule has 1 fully saturated rings. The lowest BCUT2D eigenvalue weighted by atomic mass is 10.1. The Bertz CT molecular complexity index is 664. The number of hydrogen-bond acceptors (Lipinski definition) is 4. The van der Waals surface area contributed by atoms with E-state index in [0.29, 0.717) is 25.2 Å². The summed E-state index contributed by atoms with van der Waals surface area (Å²) >= 11 is 0. The van der Waals surface area contributed by atoms with E-state index in [1.807, 2.05) is 31.2 Å². The molecule has 0 bridgehead atoms. The van der Waals surface area contributed by atoms with Gasteiger partial charge in [-0.25, -0.2) is 8.42 Å². The minimum atomic E-state index is -2.83. The summed E-state index contributed by atoms with van der Waals surface area (Å²) < 4.78 is 22.8. The van der Waals surface area contributed by atoms with Crippen molar-refractivity contribution in [1.82, 2.24) is 10.2 Å². The molecule has 5 nitrogen and oxygen atoms in total. The van der Waals surface area contributed by atoms with E-state index in [0.717, 1.165) is 17.7 Å². The van der Waals surface area contributed by atoms with Gasteiger partial charge in [-0.15, -0.1) is 0 Å². The van der Waals surface area contributed by atoms with Crippen molar-refractivity contribution in [2.75, 3.05) is 24.6 Å². The van der Waals surface area contributed by atoms with Crippen LogP contribution >= 0.6 is 0 Å². The number of nitrogens with zero attached hydrogens (tertiary/aromatic N) is 1. The Kier molecular flexibility index (Phi) is 5.96. The number of benzene rings is 1. The maximum absolute atomic E-state index is 11.7. The molecule has 1 aliphatic heterocycles. The first-order chi connectivity index (χ1) is 10.9. The standard InChI is InChI=1S/C17H24N2O3S/c1-3-14(2)17(20)18-12-15-4-6-16(7-5-15)13-19-8-10-23(21,22)11-9-19/h3-7H,8-13H2,1-2H3,(H,18,20). The van der Waals surface area contributed by atoms with E-state index in [9.17, 15) is 13.2 Å². The van der Waals surface area contributed by atoms with Crippen LogP contribution in [-0.2, 0) is 27.7 Å². The van der Waals surface area contributed by atoms with Gasteiger partial charge in [0.15, 0.2) is 9.84 Å². The Morgan fingerprint density at radius 3 is 2.30 bits per heavy atom. The van der Waals surface area contributed by atoms with Crippen LogP contribution in [0, 0.1) is 0 Å². The average molecular weight is 336 g/mol. The number of carbonyl (C=O) groups excluding carboxylic acids is 1. The van der Waals surface area contributed by atoms with Crippen molar-refractivity contribution < 1.29 is 13.2 Å². The molecule has 0 spiro atoms. The van der Waals surface area contributed by atoms with E-state index < -0.39 is 9.84 Å². The van der Waals surface area contributed by atoms with E-state index >= 15 is 0 Å². The summed E-state index contributed by atoms with van der Waals surface area (Å²) in [5, 5.41) is 2.88. The van der Waals surface area contributed by atoms with Gasteiger partial charge in [-0.05, 0) is 25.0 Å². The summed E-state index contributed by atoms with van der Waals surface area (Å²) in [7, 11) is -2.83. The molecule has 1 aromatic rings. The second-order valence-electron chi connectivity index (χ2n) is 5.90. The summed E-state index contributed by atoms with van der Waals surface area (Å²) in [6, 6.07) is 8.07. The van der Waals surface area contributed by atoms with Crippen molar-refractivity contribution in [2.24, 2.45) is 0 Å². The zero-order chi connectivity index (χ0) is 16.9. The molecule has 0 aliphatic carbocycles. The predicted octanol–water partition coefficient (Wildman–Crippen LogP) is 1.50. The Balaban J connectivity index is 1.84. The SMILES string of the molecule is CC=C(C)C(=O)NCc1ccc(CN2CCS(=O)(=O)CC2)cc1. The van der Waals surface area contributed by atoms with Crippen molar-refractivity contribution in [3.8, 4) is 0 Å². The van der Waals surface area contributed by atoms with Crippen molar-refractivity contribution in [1.29, 1.82) is 0 Å². The fraction of sp³-hybridized carbons (Fsp3) is 0.471. The van der Waals surface area contributed by atoms with Gasteiger partial charge in [0, 0.05) is 31.8 Å². The highest BCUT2D eigenvalue weighted by molar-refractivity contribution is 7.91. The van der Waals surface area contributed by atoms with Crippen LogP contribution in [0.1, 0.15) is 25.0 Å². The first kappa shape index (κ1) is 17.7. The lowest BCUT2D eigenvalue weighted by molar-refractivity contribution is -0.117. The van der Waals surface area contributed by atoms with Crippen molar-refractivity contribution in [2.45, 2.75) is 26.9 Å². The average Bonchev–Trinajstić information content (AvgIpc) is 2.55. The fourth-order valence-corrected chi connectivity index (χ4v) is 3.66. The molecule has 0 radical (unpaired) electrons. The van der Waals surface area contributed by atoms with Crippen LogP contribution < -0.4 is 5.32 Å². The number of carbonyl (C=O) groups is 1. The van der Waals surface area contributed by atoms with Gasteiger partial charge >= 0.3 is 0 Å². The minimum Gasteiger partial charge on any atom is -0.348 e. The number of rotatable bonds is 5. The smallest absolute Gasteiger partial charge is 0.246 e. The molecule has 1 saturated heterocycles. The van der Waals surface area contributed by atoms with Crippen molar-refractivity contribution >= 4 is 15.7 Å².